The number of halogens is 1. The van der Waals surface area contributed by atoms with Crippen molar-refractivity contribution in [3.8, 4) is 0 Å². The van der Waals surface area contributed by atoms with Crippen LogP contribution in [0.5, 0.6) is 0 Å². The van der Waals surface area contributed by atoms with Gasteiger partial charge in [0.1, 0.15) is 0 Å². The molecule has 0 aromatic heterocycles. The molecule has 0 saturated carbocycles. The maximum atomic E-state index is 9.27. The summed E-state index contributed by atoms with van der Waals surface area (Å²) < 4.78 is 18.5. The van der Waals surface area contributed by atoms with Crippen molar-refractivity contribution >= 4 is 17.9 Å². The van der Waals surface area contributed by atoms with Crippen LogP contribution in [0.1, 0.15) is 0 Å². The number of hydrogen-bond donors (Lipinski definition) is 0. The molecule has 0 unspecified atom stereocenters. The van der Waals surface area contributed by atoms with Crippen LogP contribution in [0.2, 0.25) is 0 Å². The molecule has 0 spiro atoms. The minimum atomic E-state index is -1.99. The van der Waals surface area contributed by atoms with Crippen LogP contribution in [0.25, 0.3) is 0 Å². The van der Waals surface area contributed by atoms with Crippen LogP contribution in [0.4, 0.5) is 0 Å². The predicted octanol–water partition coefficient (Wildman–Crippen LogP) is 0.0168. The molecule has 0 aliphatic carbocycles. The molecule has 5 heteroatoms. The van der Waals surface area contributed by atoms with Gasteiger partial charge in [-0.15, -0.1) is 0 Å². The Kier molecular flexibility index (Phi) is 3.38. The van der Waals surface area contributed by atoms with E-state index in [1.807, 2.05) is 0 Å². The summed E-state index contributed by atoms with van der Waals surface area (Å²) in [5.41, 5.74) is 0. The summed E-state index contributed by atoms with van der Waals surface area (Å²) in [5.74, 6) is 0. The average Bonchev–Trinajstić information content (AvgIpc) is 1.38. The normalized spacial score (nSPS) is 8.20. The van der Waals surface area contributed by atoms with Gasteiger partial charge in [-0.1, -0.05) is 0 Å². The fourth-order valence-electron chi connectivity index (χ4n) is 0. The zero-order valence-corrected chi connectivity index (χ0v) is 5.15. The Morgan fingerprint density at radius 2 is 1.80 bits per heavy atom. The standard InChI is InChI=1S/ClH.O2S.Rh/c;1-3-2;/h1H;;/q;;+1/p-1. The minimum absolute atomic E-state index is 0.788. The molecule has 0 saturated heterocycles. The summed E-state index contributed by atoms with van der Waals surface area (Å²) in [6, 6.07) is 0. The van der Waals surface area contributed by atoms with E-state index in [2.05, 4.69) is 0 Å². The Balaban J connectivity index is 4.25. The summed E-state index contributed by atoms with van der Waals surface area (Å²) in [4.78, 5) is 0. The molecule has 0 aromatic rings. The summed E-state index contributed by atoms with van der Waals surface area (Å²) in [5, 5.41) is 0. The second kappa shape index (κ2) is 2.94. The molecule has 0 rings (SSSR count). The number of rotatable bonds is 0. The topological polar surface area (TPSA) is 34.1 Å². The quantitative estimate of drug-likeness (QED) is 0.519. The molecule has 0 fully saturated rings. The Hall–Kier alpha value is 0.733. The van der Waals surface area contributed by atoms with E-state index < -0.39 is 22.6 Å². The first kappa shape index (κ1) is 5.73. The summed E-state index contributed by atoms with van der Waals surface area (Å²) in [7, 11) is 2.81. The monoisotopic (exact) mass is 202 g/mol. The molecule has 2 nitrogen and oxygen atoms in total. The van der Waals surface area contributed by atoms with Crippen LogP contribution in [0, 0.1) is 0 Å². The third-order valence-corrected chi connectivity index (χ3v) is 2.24. The van der Waals surface area contributed by atoms with E-state index in [-0.39, 0.29) is 0 Å². The van der Waals surface area contributed by atoms with Crippen molar-refractivity contribution in [2.45, 2.75) is 0 Å². The average molecular weight is 202 g/mol. The fourth-order valence-corrected chi connectivity index (χ4v) is 0. The van der Waals surface area contributed by atoms with E-state index in [0.717, 1.165) is 0 Å². The van der Waals surface area contributed by atoms with Gasteiger partial charge in [0.2, 0.25) is 0 Å². The second-order valence-corrected chi connectivity index (χ2v) is 4.91. The van der Waals surface area contributed by atoms with Crippen LogP contribution in [-0.2, 0) is 22.6 Å². The third kappa shape index (κ3) is 4.73. The zero-order valence-electron chi connectivity index (χ0n) is 1.94. The summed E-state index contributed by atoms with van der Waals surface area (Å²) in [6.45, 7) is 0. The van der Waals surface area contributed by atoms with Gasteiger partial charge in [-0.2, -0.15) is 0 Å². The van der Waals surface area contributed by atoms with Gasteiger partial charge in [0.15, 0.2) is 0 Å². The van der Waals surface area contributed by atoms with Gasteiger partial charge >= 0.3 is 40.7 Å². The Morgan fingerprint density at radius 3 is 1.80 bits per heavy atom. The van der Waals surface area contributed by atoms with Gasteiger partial charge in [0, 0.05) is 0 Å². The SMILES string of the molecule is O=[S](=O)=[Rh][Cl]. The molecule has 0 amide bonds. The maximum absolute atomic E-state index is 9.27. The van der Waals surface area contributed by atoms with E-state index in [4.69, 9.17) is 9.69 Å². The second-order valence-electron chi connectivity index (χ2n) is 0.231. The molecule has 0 aliphatic heterocycles. The zero-order chi connectivity index (χ0) is 4.28. The Labute approximate surface area is 40.9 Å². The molecular weight excluding hydrogens is 202 g/mol. The van der Waals surface area contributed by atoms with E-state index in [1.54, 1.807) is 0 Å². The van der Waals surface area contributed by atoms with Crippen molar-refractivity contribution in [1.82, 2.24) is 0 Å². The van der Waals surface area contributed by atoms with Crippen LogP contribution in [0.3, 0.4) is 0 Å². The van der Waals surface area contributed by atoms with Crippen molar-refractivity contribution in [3.05, 3.63) is 0 Å². The van der Waals surface area contributed by atoms with Gasteiger partial charge in [-0.25, -0.2) is 0 Å². The van der Waals surface area contributed by atoms with Gasteiger partial charge in [-0.05, 0) is 0 Å². The van der Waals surface area contributed by atoms with Crippen molar-refractivity contribution < 1.29 is 22.8 Å². The molecule has 34 valence electrons. The van der Waals surface area contributed by atoms with Crippen molar-refractivity contribution in [2.75, 3.05) is 0 Å². The number of hydrogen-bond acceptors (Lipinski definition) is 2. The molecule has 0 radical (unpaired) electrons. The molecule has 0 aliphatic rings. The van der Waals surface area contributed by atoms with E-state index in [9.17, 15) is 8.42 Å². The molecule has 5 heavy (non-hydrogen) atoms. The molecule has 0 atom stereocenters. The van der Waals surface area contributed by atoms with Crippen LogP contribution in [0.15, 0.2) is 0 Å². The van der Waals surface area contributed by atoms with Crippen molar-refractivity contribution in [2.24, 2.45) is 0 Å². The van der Waals surface area contributed by atoms with Crippen LogP contribution in [-0.4, -0.2) is 8.42 Å². The van der Waals surface area contributed by atoms with E-state index in [0.29, 0.717) is 0 Å². The van der Waals surface area contributed by atoms with Crippen LogP contribution >= 0.6 is 9.69 Å². The summed E-state index contributed by atoms with van der Waals surface area (Å²) >= 11 is -0.788. The van der Waals surface area contributed by atoms with Gasteiger partial charge in [0.25, 0.3) is 0 Å². The molecule has 0 N–H and O–H groups in total. The van der Waals surface area contributed by atoms with E-state index >= 15 is 0 Å². The Morgan fingerprint density at radius 1 is 1.60 bits per heavy atom. The first-order chi connectivity index (χ1) is 2.27. The van der Waals surface area contributed by atoms with Crippen molar-refractivity contribution in [3.63, 3.8) is 0 Å². The van der Waals surface area contributed by atoms with E-state index in [1.165, 1.54) is 0 Å². The van der Waals surface area contributed by atoms with Gasteiger partial charge in [0.05, 0.1) is 0 Å². The predicted molar refractivity (Wildman–Crippen MR) is 14.8 cm³/mol. The molecule has 0 aromatic carbocycles. The Bertz CT molecular complexity index is 113. The first-order valence-corrected chi connectivity index (χ1v) is 5.65. The van der Waals surface area contributed by atoms with Crippen LogP contribution < -0.4 is 0 Å². The first-order valence-electron chi connectivity index (χ1n) is 0.595. The van der Waals surface area contributed by atoms with Gasteiger partial charge < -0.3 is 0 Å². The third-order valence-electron chi connectivity index (χ3n) is 0.0420. The van der Waals surface area contributed by atoms with Crippen molar-refractivity contribution in [1.29, 1.82) is 0 Å². The fraction of sp³-hybridized carbons (Fsp3) is 0. The summed E-state index contributed by atoms with van der Waals surface area (Å²) in [6.07, 6.45) is 0. The van der Waals surface area contributed by atoms with Gasteiger partial charge in [-0.3, -0.25) is 0 Å². The molecule has 0 heterocycles. The molecular formula is ClO2RhS. The molecule has 0 bridgehead atoms.